The Labute approximate surface area is 127 Å². The maximum absolute atomic E-state index is 11.7. The van der Waals surface area contributed by atoms with E-state index in [0.29, 0.717) is 12.2 Å². The standard InChI is InChI=1S/C11H14IN5OS/c1-3-8(11(18)13-2)16-9-7-4-5-17(19-12)10(7)15-6-14-9/h4-6,8H,3H2,1-2H3,(H,13,18)(H,14,15,16)/t8-/m1/s1. The van der Waals surface area contributed by atoms with Crippen molar-refractivity contribution in [2.75, 3.05) is 12.4 Å². The van der Waals surface area contributed by atoms with E-state index in [2.05, 4.69) is 41.8 Å². The SMILES string of the molecule is CC[C@@H](Nc1ncnc2c1ccn2SI)C(=O)NC. The van der Waals surface area contributed by atoms with Gasteiger partial charge in [0.25, 0.3) is 0 Å². The van der Waals surface area contributed by atoms with Crippen LogP contribution in [0.5, 0.6) is 0 Å². The van der Waals surface area contributed by atoms with Crippen molar-refractivity contribution in [3.8, 4) is 0 Å². The number of carbonyl (C=O) groups excluding carboxylic acids is 1. The number of hydrogen-bond donors (Lipinski definition) is 2. The first-order valence-corrected chi connectivity index (χ1v) is 9.12. The summed E-state index contributed by atoms with van der Waals surface area (Å²) < 4.78 is 1.95. The summed E-state index contributed by atoms with van der Waals surface area (Å²) in [4.78, 5) is 20.2. The minimum Gasteiger partial charge on any atom is -0.358 e. The Kier molecular flexibility index (Phi) is 4.86. The molecule has 2 heterocycles. The van der Waals surface area contributed by atoms with E-state index in [4.69, 9.17) is 0 Å². The van der Waals surface area contributed by atoms with E-state index in [1.165, 1.54) is 15.4 Å². The molecule has 2 N–H and O–H groups in total. The van der Waals surface area contributed by atoms with E-state index in [1.807, 2.05) is 23.2 Å². The van der Waals surface area contributed by atoms with Crippen molar-refractivity contribution in [3.05, 3.63) is 18.6 Å². The first-order valence-electron chi connectivity index (χ1n) is 5.80. The predicted molar refractivity (Wildman–Crippen MR) is 86.3 cm³/mol. The lowest BCUT2D eigenvalue weighted by Crippen LogP contribution is -2.37. The molecule has 0 bridgehead atoms. The van der Waals surface area contributed by atoms with Crippen LogP contribution in [0, 0.1) is 0 Å². The lowest BCUT2D eigenvalue weighted by Gasteiger charge is -2.16. The second-order valence-corrected chi connectivity index (χ2v) is 5.60. The van der Waals surface area contributed by atoms with Crippen LogP contribution in [0.4, 0.5) is 5.82 Å². The van der Waals surface area contributed by atoms with Gasteiger partial charge in [-0.2, -0.15) is 0 Å². The van der Waals surface area contributed by atoms with Gasteiger partial charge >= 0.3 is 0 Å². The Morgan fingerprint density at radius 1 is 1.58 bits per heavy atom. The maximum atomic E-state index is 11.7. The average Bonchev–Trinajstić information content (AvgIpc) is 2.87. The summed E-state index contributed by atoms with van der Waals surface area (Å²) in [6.45, 7) is 1.96. The molecule has 0 aliphatic rings. The predicted octanol–water partition coefficient (Wildman–Crippen LogP) is 2.21. The largest absolute Gasteiger partial charge is 0.358 e. The fourth-order valence-corrected chi connectivity index (χ4v) is 3.06. The van der Waals surface area contributed by atoms with Gasteiger partial charge in [-0.15, -0.1) is 0 Å². The number of halogens is 1. The van der Waals surface area contributed by atoms with E-state index < -0.39 is 0 Å². The fraction of sp³-hybridized carbons (Fsp3) is 0.364. The number of aromatic nitrogens is 3. The summed E-state index contributed by atoms with van der Waals surface area (Å²) in [7, 11) is 3.17. The maximum Gasteiger partial charge on any atom is 0.242 e. The van der Waals surface area contributed by atoms with Crippen molar-refractivity contribution < 1.29 is 4.79 Å². The molecule has 0 saturated heterocycles. The molecule has 0 radical (unpaired) electrons. The lowest BCUT2D eigenvalue weighted by molar-refractivity contribution is -0.121. The molecule has 8 heteroatoms. The van der Waals surface area contributed by atoms with Crippen LogP contribution in [0.1, 0.15) is 13.3 Å². The van der Waals surface area contributed by atoms with Crippen molar-refractivity contribution in [3.63, 3.8) is 0 Å². The van der Waals surface area contributed by atoms with Gasteiger partial charge in [-0.3, -0.25) is 8.77 Å². The van der Waals surface area contributed by atoms with Gasteiger partial charge < -0.3 is 10.6 Å². The quantitative estimate of drug-likeness (QED) is 0.765. The normalized spacial score (nSPS) is 12.4. The van der Waals surface area contributed by atoms with E-state index in [1.54, 1.807) is 7.05 Å². The van der Waals surface area contributed by atoms with Gasteiger partial charge in [-0.25, -0.2) is 9.97 Å². The van der Waals surface area contributed by atoms with Crippen LogP contribution in [0.25, 0.3) is 11.0 Å². The van der Waals surface area contributed by atoms with Crippen molar-refractivity contribution in [2.24, 2.45) is 0 Å². The Balaban J connectivity index is 2.35. The molecule has 19 heavy (non-hydrogen) atoms. The first-order chi connectivity index (χ1) is 9.21. The zero-order valence-corrected chi connectivity index (χ0v) is 13.5. The number of hydrogen-bond acceptors (Lipinski definition) is 5. The van der Waals surface area contributed by atoms with E-state index in [9.17, 15) is 4.79 Å². The third kappa shape index (κ3) is 2.94. The summed E-state index contributed by atoms with van der Waals surface area (Å²) in [6.07, 6.45) is 4.12. The van der Waals surface area contributed by atoms with E-state index in [0.717, 1.165) is 11.0 Å². The molecule has 102 valence electrons. The molecule has 0 spiro atoms. The highest BCUT2D eigenvalue weighted by atomic mass is 127. The number of fused-ring (bicyclic) bond motifs is 1. The monoisotopic (exact) mass is 391 g/mol. The van der Waals surface area contributed by atoms with Crippen molar-refractivity contribution in [1.82, 2.24) is 19.3 Å². The minimum absolute atomic E-state index is 0.0445. The van der Waals surface area contributed by atoms with Crippen LogP contribution in [0.2, 0.25) is 0 Å². The average molecular weight is 391 g/mol. The van der Waals surface area contributed by atoms with E-state index in [-0.39, 0.29) is 11.9 Å². The molecular weight excluding hydrogens is 377 g/mol. The molecule has 0 unspecified atom stereocenters. The van der Waals surface area contributed by atoms with Crippen LogP contribution in [-0.4, -0.2) is 32.9 Å². The van der Waals surface area contributed by atoms with Crippen LogP contribution in [0.3, 0.4) is 0 Å². The molecule has 6 nitrogen and oxygen atoms in total. The number of likely N-dealkylation sites (N-methyl/N-ethyl adjacent to an activating group) is 1. The lowest BCUT2D eigenvalue weighted by atomic mass is 10.2. The van der Waals surface area contributed by atoms with Gasteiger partial charge in [0.15, 0.2) is 5.65 Å². The zero-order valence-electron chi connectivity index (χ0n) is 10.6. The van der Waals surface area contributed by atoms with Crippen molar-refractivity contribution in [1.29, 1.82) is 0 Å². The first kappa shape index (κ1) is 14.4. The molecule has 0 aromatic carbocycles. The smallest absolute Gasteiger partial charge is 0.242 e. The molecule has 0 aliphatic carbocycles. The van der Waals surface area contributed by atoms with Crippen LogP contribution < -0.4 is 10.6 Å². The van der Waals surface area contributed by atoms with Crippen molar-refractivity contribution in [2.45, 2.75) is 19.4 Å². The van der Waals surface area contributed by atoms with Crippen LogP contribution >= 0.6 is 30.3 Å². The second kappa shape index (κ2) is 6.42. The van der Waals surface area contributed by atoms with Crippen LogP contribution in [0.15, 0.2) is 18.6 Å². The van der Waals surface area contributed by atoms with Gasteiger partial charge in [0.1, 0.15) is 18.2 Å². The highest BCUT2D eigenvalue weighted by Gasteiger charge is 2.17. The summed E-state index contributed by atoms with van der Waals surface area (Å²) in [6, 6.07) is 1.65. The number of anilines is 1. The molecule has 0 fully saturated rings. The molecule has 2 aromatic heterocycles. The molecule has 2 rings (SSSR count). The Morgan fingerprint density at radius 3 is 3.00 bits per heavy atom. The number of carbonyl (C=O) groups is 1. The number of amides is 1. The molecule has 0 aliphatic heterocycles. The molecule has 1 amide bonds. The summed E-state index contributed by atoms with van der Waals surface area (Å²) in [5.74, 6) is 0.640. The highest BCUT2D eigenvalue weighted by molar-refractivity contribution is 14.2. The Morgan fingerprint density at radius 2 is 2.37 bits per heavy atom. The molecule has 2 aromatic rings. The van der Waals surface area contributed by atoms with Gasteiger partial charge in [0, 0.05) is 43.6 Å². The summed E-state index contributed by atoms with van der Waals surface area (Å²) in [5.41, 5.74) is 0.837. The molecular formula is C11H14IN5OS. The number of nitrogens with zero attached hydrogens (tertiary/aromatic N) is 3. The summed E-state index contributed by atoms with van der Waals surface area (Å²) in [5, 5.41) is 6.73. The molecule has 0 saturated carbocycles. The zero-order chi connectivity index (χ0) is 13.8. The third-order valence-corrected chi connectivity index (χ3v) is 4.52. The molecule has 1 atom stereocenters. The highest BCUT2D eigenvalue weighted by Crippen LogP contribution is 2.27. The number of nitrogens with one attached hydrogen (secondary N) is 2. The third-order valence-electron chi connectivity index (χ3n) is 2.80. The number of rotatable bonds is 5. The fourth-order valence-electron chi connectivity index (χ4n) is 1.79. The second-order valence-electron chi connectivity index (χ2n) is 3.89. The van der Waals surface area contributed by atoms with Crippen LogP contribution in [-0.2, 0) is 4.79 Å². The van der Waals surface area contributed by atoms with Gasteiger partial charge in [-0.05, 0) is 12.5 Å². The van der Waals surface area contributed by atoms with Gasteiger partial charge in [-0.1, -0.05) is 6.92 Å². The Bertz CT molecular complexity index is 587. The summed E-state index contributed by atoms with van der Waals surface area (Å²) >= 11 is 2.19. The minimum atomic E-state index is -0.293. The van der Waals surface area contributed by atoms with Gasteiger partial charge in [0.2, 0.25) is 5.91 Å². The van der Waals surface area contributed by atoms with Crippen molar-refractivity contribution >= 4 is 53.1 Å². The van der Waals surface area contributed by atoms with Gasteiger partial charge in [0.05, 0.1) is 5.39 Å². The Hall–Kier alpha value is -1.03. The topological polar surface area (TPSA) is 71.8 Å². The van der Waals surface area contributed by atoms with E-state index >= 15 is 0 Å².